The van der Waals surface area contributed by atoms with Gasteiger partial charge < -0.3 is 9.97 Å². The zero-order valence-corrected chi connectivity index (χ0v) is 35.4. The van der Waals surface area contributed by atoms with Gasteiger partial charge in [-0.2, -0.15) is 0 Å². The van der Waals surface area contributed by atoms with Gasteiger partial charge in [0.1, 0.15) is 0 Å². The van der Waals surface area contributed by atoms with E-state index >= 15 is 0 Å². The summed E-state index contributed by atoms with van der Waals surface area (Å²) in [5.41, 5.74) is 27.9. The van der Waals surface area contributed by atoms with Crippen molar-refractivity contribution in [3.8, 4) is 56.9 Å². The molecule has 8 bridgehead atoms. The molecule has 0 fully saturated rings. The summed E-state index contributed by atoms with van der Waals surface area (Å²) in [6.45, 7) is 19.6. The van der Waals surface area contributed by atoms with Crippen LogP contribution in [0.1, 0.15) is 78.4 Å². The van der Waals surface area contributed by atoms with Crippen molar-refractivity contribution in [1.82, 2.24) is 19.9 Å². The molecule has 4 nitrogen and oxygen atoms in total. The molecule has 4 aromatic carbocycles. The molecule has 2 N–H and O–H groups in total. The summed E-state index contributed by atoms with van der Waals surface area (Å²) in [5, 5.41) is 0. The number of benzene rings is 4. The van der Waals surface area contributed by atoms with Gasteiger partial charge in [-0.3, -0.25) is 0 Å². The average Bonchev–Trinajstić information content (AvgIpc) is 4.02. The van der Waals surface area contributed by atoms with Gasteiger partial charge in [0.15, 0.2) is 0 Å². The van der Waals surface area contributed by atoms with Gasteiger partial charge in [0, 0.05) is 49.9 Å². The molecule has 9 rings (SSSR count). The van der Waals surface area contributed by atoms with Crippen LogP contribution in [0.25, 0.3) is 90.9 Å². The highest BCUT2D eigenvalue weighted by Crippen LogP contribution is 2.42. The Morgan fingerprint density at radius 1 is 0.373 bits per heavy atom. The Balaban J connectivity index is 1.52. The van der Waals surface area contributed by atoms with Crippen molar-refractivity contribution in [2.45, 2.75) is 62.3 Å². The molecule has 0 atom stereocenters. The largest absolute Gasteiger partial charge is 0.354 e. The number of nitrogens with one attached hydrogen (secondary N) is 2. The lowest BCUT2D eigenvalue weighted by molar-refractivity contribution is 1.26. The lowest BCUT2D eigenvalue weighted by atomic mass is 9.92. The fourth-order valence-electron chi connectivity index (χ4n) is 9.61. The highest BCUT2D eigenvalue weighted by molar-refractivity contribution is 6.02. The molecule has 288 valence electrons. The summed E-state index contributed by atoms with van der Waals surface area (Å²) in [4.78, 5) is 19.0. The van der Waals surface area contributed by atoms with E-state index in [1.807, 2.05) is 0 Å². The fraction of sp³-hybridized carbons (Fsp3) is 0.164. The molecule has 0 spiro atoms. The van der Waals surface area contributed by atoms with Crippen LogP contribution in [0.15, 0.2) is 84.9 Å². The maximum atomic E-state index is 5.95. The van der Waals surface area contributed by atoms with E-state index < -0.39 is 0 Å². The Hall–Kier alpha value is -6.96. The molecule has 0 amide bonds. The van der Waals surface area contributed by atoms with Crippen molar-refractivity contribution in [3.63, 3.8) is 0 Å². The second kappa shape index (κ2) is 14.5. The summed E-state index contributed by atoms with van der Waals surface area (Å²) in [7, 11) is 0. The maximum absolute atomic E-state index is 5.95. The Labute approximate surface area is 347 Å². The Bertz CT molecular complexity index is 2960. The van der Waals surface area contributed by atoms with Crippen LogP contribution in [0, 0.1) is 74.7 Å². The van der Waals surface area contributed by atoms with Crippen LogP contribution in [0.5, 0.6) is 0 Å². The number of aromatic nitrogens is 4. The van der Waals surface area contributed by atoms with E-state index in [4.69, 9.17) is 16.4 Å². The number of hydrogen-bond acceptors (Lipinski definition) is 2. The van der Waals surface area contributed by atoms with Crippen molar-refractivity contribution in [1.29, 1.82) is 0 Å². The van der Waals surface area contributed by atoms with E-state index in [9.17, 15) is 0 Å². The molecule has 0 unspecified atom stereocenters. The van der Waals surface area contributed by atoms with Gasteiger partial charge in [-0.15, -0.1) is 6.42 Å². The molecule has 2 aliphatic rings. The first kappa shape index (κ1) is 37.6. The second-order valence-corrected chi connectivity index (χ2v) is 16.5. The second-order valence-electron chi connectivity index (χ2n) is 16.5. The third-order valence-electron chi connectivity index (χ3n) is 11.9. The number of hydrogen-bond donors (Lipinski definition) is 2. The first-order valence-corrected chi connectivity index (χ1v) is 20.4. The Morgan fingerprint density at radius 2 is 0.712 bits per heavy atom. The highest BCUT2D eigenvalue weighted by Gasteiger charge is 2.22. The van der Waals surface area contributed by atoms with Gasteiger partial charge in [0.25, 0.3) is 0 Å². The molecular formula is C55H48N4. The number of H-pyrrole nitrogens is 2. The molecule has 4 heteroatoms. The molecule has 59 heavy (non-hydrogen) atoms. The average molecular weight is 766 g/mol. The molecule has 7 aromatic rings. The van der Waals surface area contributed by atoms with Gasteiger partial charge in [-0.1, -0.05) is 71.1 Å². The van der Waals surface area contributed by atoms with Crippen LogP contribution in [0.2, 0.25) is 0 Å². The number of nitrogens with zero attached hydrogens (tertiary/aromatic N) is 2. The molecule has 0 saturated heterocycles. The van der Waals surface area contributed by atoms with Crippen molar-refractivity contribution in [2.75, 3.05) is 0 Å². The van der Waals surface area contributed by atoms with Crippen LogP contribution in [0.4, 0.5) is 0 Å². The Morgan fingerprint density at radius 3 is 1.10 bits per heavy atom. The molecule has 3 aromatic heterocycles. The van der Waals surface area contributed by atoms with Crippen LogP contribution >= 0.6 is 0 Å². The summed E-state index contributed by atoms with van der Waals surface area (Å²) in [6.07, 6.45) is 14.6. The number of terminal acetylenes is 1. The summed E-state index contributed by atoms with van der Waals surface area (Å²) < 4.78 is 0. The number of fused-ring (bicyclic) bond motifs is 8. The van der Waals surface area contributed by atoms with Gasteiger partial charge in [0.2, 0.25) is 0 Å². The van der Waals surface area contributed by atoms with Crippen LogP contribution in [-0.4, -0.2) is 19.9 Å². The van der Waals surface area contributed by atoms with Crippen LogP contribution < -0.4 is 0 Å². The standard InChI is InChI=1S/C55H48N4/c1-11-39-28-37(9)51(38(10)29-39)55-47-22-20-45(58-47)53(49-33(5)24-31(3)25-34(49)6)43-18-16-41(56-43)52(40-14-12-30(2)13-15-40)42-17-19-44(57-42)54(46-21-23-48(55)59-46)50-35(7)26-32(4)27-36(50)8/h1,12-29,58-59H,2-10H3/i52+1. The highest BCUT2D eigenvalue weighted by atomic mass is 14.8. The SMILES string of the molecule is C#Cc1cc(C)c(-c2c3ccc([nH]3)c(-c3c(C)cc(C)cc3C)c3nc([13c](-c4ccc(C)cc4)c4nc(c(-c5c(C)cc(C)cc5C)c5ccc2[nH]5)C=C4)C=C3)c(C)c1. The first-order valence-electron chi connectivity index (χ1n) is 20.4. The van der Waals surface area contributed by atoms with Crippen molar-refractivity contribution < 1.29 is 0 Å². The normalized spacial score (nSPS) is 12.0. The van der Waals surface area contributed by atoms with Crippen LogP contribution in [-0.2, 0) is 0 Å². The number of aromatic amines is 2. The van der Waals surface area contributed by atoms with Crippen molar-refractivity contribution in [3.05, 3.63) is 163 Å². The monoisotopic (exact) mass is 765 g/mol. The van der Waals surface area contributed by atoms with Crippen LogP contribution in [0.3, 0.4) is 0 Å². The third kappa shape index (κ3) is 6.54. The zero-order chi connectivity index (χ0) is 41.3. The predicted molar refractivity (Wildman–Crippen MR) is 251 cm³/mol. The molecule has 0 radical (unpaired) electrons. The summed E-state index contributed by atoms with van der Waals surface area (Å²) >= 11 is 0. The van der Waals surface area contributed by atoms with Crippen molar-refractivity contribution >= 4 is 46.4 Å². The molecule has 5 heterocycles. The van der Waals surface area contributed by atoms with Gasteiger partial charge in [-0.05, 0) is 179 Å². The fourth-order valence-corrected chi connectivity index (χ4v) is 9.61. The molecular weight excluding hydrogens is 718 g/mol. The minimum absolute atomic E-state index is 0.872. The van der Waals surface area contributed by atoms with E-state index in [0.717, 1.165) is 94.9 Å². The zero-order valence-electron chi connectivity index (χ0n) is 35.4. The minimum atomic E-state index is 0.872. The molecule has 0 saturated carbocycles. The van der Waals surface area contributed by atoms with Gasteiger partial charge >= 0.3 is 0 Å². The van der Waals surface area contributed by atoms with E-state index in [-0.39, 0.29) is 0 Å². The van der Waals surface area contributed by atoms with E-state index in [2.05, 4.69) is 187 Å². The smallest absolute Gasteiger partial charge is 0.0738 e. The third-order valence-corrected chi connectivity index (χ3v) is 11.9. The summed E-state index contributed by atoms with van der Waals surface area (Å²) in [5.74, 6) is 2.87. The topological polar surface area (TPSA) is 57.4 Å². The van der Waals surface area contributed by atoms with E-state index in [1.165, 1.54) is 50.1 Å². The quantitative estimate of drug-likeness (QED) is 0.175. The number of aryl methyl sites for hydroxylation is 9. The predicted octanol–water partition coefficient (Wildman–Crippen LogP) is 14.1. The van der Waals surface area contributed by atoms with Crippen molar-refractivity contribution in [2.24, 2.45) is 0 Å². The molecule has 2 aliphatic heterocycles. The van der Waals surface area contributed by atoms with E-state index in [1.54, 1.807) is 0 Å². The first-order chi connectivity index (χ1) is 28.4. The lowest BCUT2D eigenvalue weighted by Crippen LogP contribution is -1.95. The Kier molecular flexibility index (Phi) is 9.21. The minimum Gasteiger partial charge on any atom is -0.354 e. The van der Waals surface area contributed by atoms with E-state index in [0.29, 0.717) is 0 Å². The van der Waals surface area contributed by atoms with Gasteiger partial charge in [-0.25, -0.2) is 9.97 Å². The maximum Gasteiger partial charge on any atom is 0.0738 e. The molecule has 0 aliphatic carbocycles. The lowest BCUT2D eigenvalue weighted by Gasteiger charge is -2.14. The van der Waals surface area contributed by atoms with Gasteiger partial charge in [0.05, 0.1) is 22.8 Å². The summed E-state index contributed by atoms with van der Waals surface area (Å²) in [6, 6.07) is 30.9. The number of rotatable bonds is 4.